The topological polar surface area (TPSA) is 95.9 Å². The first-order valence-electron chi connectivity index (χ1n) is 12.8. The molecule has 0 saturated carbocycles. The lowest BCUT2D eigenvalue weighted by atomic mass is 9.98. The van der Waals surface area contributed by atoms with Crippen LogP contribution in [0.4, 0.5) is 5.69 Å². The number of para-hydroxylation sites is 1. The molecule has 1 amide bonds. The van der Waals surface area contributed by atoms with Crippen LogP contribution in [0.5, 0.6) is 0 Å². The molecule has 4 rings (SSSR count). The third-order valence-electron chi connectivity index (χ3n) is 6.42. The van der Waals surface area contributed by atoms with E-state index in [1.807, 2.05) is 72.8 Å². The first-order chi connectivity index (χ1) is 18.5. The van der Waals surface area contributed by atoms with Crippen LogP contribution in [0.2, 0.25) is 0 Å². The molecule has 3 aromatic rings. The predicted octanol–water partition coefficient (Wildman–Crippen LogP) is 4.86. The largest absolute Gasteiger partial charge is 0.480 e. The zero-order valence-corrected chi connectivity index (χ0v) is 22.1. The number of aryl methyl sites for hydroxylation is 1. The van der Waals surface area contributed by atoms with Crippen LogP contribution in [0.25, 0.3) is 0 Å². The molecule has 3 atom stereocenters. The monoisotopic (exact) mass is 532 g/mol. The van der Waals surface area contributed by atoms with E-state index in [9.17, 15) is 19.5 Å². The molecule has 0 saturated heterocycles. The summed E-state index contributed by atoms with van der Waals surface area (Å²) in [6.07, 6.45) is 1.41. The first-order valence-corrected chi connectivity index (χ1v) is 13.6. The zero-order valence-electron chi connectivity index (χ0n) is 21.3. The number of carboxylic acids is 1. The van der Waals surface area contributed by atoms with Crippen LogP contribution in [0.3, 0.4) is 0 Å². The van der Waals surface area contributed by atoms with Crippen molar-refractivity contribution in [3.8, 4) is 0 Å². The molecule has 2 N–H and O–H groups in total. The molecule has 198 valence electrons. The molecule has 0 aliphatic carbocycles. The number of rotatable bonds is 11. The number of esters is 1. The quantitative estimate of drug-likeness (QED) is 0.340. The molecule has 3 unspecified atom stereocenters. The second-order valence-corrected chi connectivity index (χ2v) is 10.3. The summed E-state index contributed by atoms with van der Waals surface area (Å²) in [5.41, 5.74) is 2.64. The Kier molecular flexibility index (Phi) is 9.56. The maximum Gasteiger partial charge on any atom is 0.323 e. The summed E-state index contributed by atoms with van der Waals surface area (Å²) in [4.78, 5) is 40.6. The SMILES string of the molecule is CCOC(=O)CC(CCc1ccccc1)NC1C(=O)N(CC(=O)O)c2ccccc2SC1c1ccccc1. The molecule has 0 fully saturated rings. The summed E-state index contributed by atoms with van der Waals surface area (Å²) in [7, 11) is 0. The van der Waals surface area contributed by atoms with Crippen molar-refractivity contribution in [2.75, 3.05) is 18.1 Å². The minimum atomic E-state index is -1.10. The van der Waals surface area contributed by atoms with E-state index in [1.165, 1.54) is 16.7 Å². The van der Waals surface area contributed by atoms with Gasteiger partial charge in [-0.15, -0.1) is 11.8 Å². The van der Waals surface area contributed by atoms with Crippen LogP contribution in [-0.4, -0.2) is 48.2 Å². The Balaban J connectivity index is 1.70. The fraction of sp³-hybridized carbons (Fsp3) is 0.300. The highest BCUT2D eigenvalue weighted by Crippen LogP contribution is 2.45. The van der Waals surface area contributed by atoms with Crippen molar-refractivity contribution in [3.05, 3.63) is 96.1 Å². The number of anilines is 1. The molecule has 7 nitrogen and oxygen atoms in total. The standard InChI is InChI=1S/C30H32N2O5S/c1-2-37-27(35)19-23(18-17-21-11-5-3-6-12-21)31-28-29(22-13-7-4-8-14-22)38-25-16-10-9-15-24(25)32(30(28)36)20-26(33)34/h3-16,23,28-29,31H,2,17-20H2,1H3,(H,33,34). The number of fused-ring (bicyclic) bond motifs is 1. The Hall–Kier alpha value is -3.62. The fourth-order valence-corrected chi connectivity index (χ4v) is 6.02. The molecule has 3 aromatic carbocycles. The number of carbonyl (C=O) groups excluding carboxylic acids is 2. The summed E-state index contributed by atoms with van der Waals surface area (Å²) < 4.78 is 5.24. The Morgan fingerprint density at radius 1 is 1.00 bits per heavy atom. The molecule has 1 aliphatic rings. The van der Waals surface area contributed by atoms with Gasteiger partial charge in [0.1, 0.15) is 12.6 Å². The number of carbonyl (C=O) groups is 3. The average Bonchev–Trinajstić information content (AvgIpc) is 3.03. The number of ether oxygens (including phenoxy) is 1. The number of amides is 1. The van der Waals surface area contributed by atoms with Crippen molar-refractivity contribution in [2.45, 2.75) is 48.4 Å². The highest BCUT2D eigenvalue weighted by Gasteiger charge is 2.40. The Morgan fingerprint density at radius 3 is 2.34 bits per heavy atom. The normalized spacial score (nSPS) is 17.8. The third-order valence-corrected chi connectivity index (χ3v) is 7.82. The van der Waals surface area contributed by atoms with Gasteiger partial charge in [-0.25, -0.2) is 0 Å². The molecule has 38 heavy (non-hydrogen) atoms. The van der Waals surface area contributed by atoms with E-state index in [1.54, 1.807) is 19.1 Å². The molecule has 1 heterocycles. The number of benzene rings is 3. The van der Waals surface area contributed by atoms with E-state index in [-0.39, 0.29) is 36.2 Å². The summed E-state index contributed by atoms with van der Waals surface area (Å²) >= 11 is 1.53. The number of aliphatic carboxylic acids is 1. The van der Waals surface area contributed by atoms with Crippen molar-refractivity contribution in [3.63, 3.8) is 0 Å². The number of carboxylic acid groups (broad SMARTS) is 1. The van der Waals surface area contributed by atoms with Gasteiger partial charge >= 0.3 is 11.9 Å². The number of hydrogen-bond donors (Lipinski definition) is 2. The lowest BCUT2D eigenvalue weighted by Crippen LogP contribution is -2.53. The Bertz CT molecular complexity index is 1240. The van der Waals surface area contributed by atoms with Gasteiger partial charge < -0.3 is 15.2 Å². The maximum atomic E-state index is 14.1. The van der Waals surface area contributed by atoms with Gasteiger partial charge in [0.15, 0.2) is 0 Å². The van der Waals surface area contributed by atoms with E-state index in [2.05, 4.69) is 5.32 Å². The van der Waals surface area contributed by atoms with Crippen LogP contribution >= 0.6 is 11.8 Å². The van der Waals surface area contributed by atoms with Gasteiger partial charge in [0, 0.05) is 10.9 Å². The summed E-state index contributed by atoms with van der Waals surface area (Å²) in [6.45, 7) is 1.58. The maximum absolute atomic E-state index is 14.1. The molecule has 1 aliphatic heterocycles. The van der Waals surface area contributed by atoms with Crippen LogP contribution in [-0.2, 0) is 25.5 Å². The van der Waals surface area contributed by atoms with E-state index in [0.29, 0.717) is 18.5 Å². The van der Waals surface area contributed by atoms with Gasteiger partial charge in [-0.3, -0.25) is 19.3 Å². The molecule has 0 bridgehead atoms. The van der Waals surface area contributed by atoms with Crippen molar-refractivity contribution in [1.82, 2.24) is 5.32 Å². The van der Waals surface area contributed by atoms with Crippen molar-refractivity contribution in [1.29, 1.82) is 0 Å². The zero-order chi connectivity index (χ0) is 26.9. The second-order valence-electron chi connectivity index (χ2n) is 9.11. The average molecular weight is 533 g/mol. The first kappa shape index (κ1) is 27.4. The molecule has 0 radical (unpaired) electrons. The van der Waals surface area contributed by atoms with E-state index in [4.69, 9.17) is 4.74 Å². The van der Waals surface area contributed by atoms with Gasteiger partial charge in [0.2, 0.25) is 5.91 Å². The minimum Gasteiger partial charge on any atom is -0.480 e. The van der Waals surface area contributed by atoms with Gasteiger partial charge in [0.05, 0.1) is 24.0 Å². The van der Waals surface area contributed by atoms with E-state index >= 15 is 0 Å². The second kappa shape index (κ2) is 13.3. The van der Waals surface area contributed by atoms with Crippen molar-refractivity contribution in [2.24, 2.45) is 0 Å². The third kappa shape index (κ3) is 7.02. The molecule has 8 heteroatoms. The Labute approximate surface area is 227 Å². The van der Waals surface area contributed by atoms with E-state index in [0.717, 1.165) is 16.0 Å². The number of hydrogen-bond acceptors (Lipinski definition) is 6. The summed E-state index contributed by atoms with van der Waals surface area (Å²) in [6, 6.07) is 25.9. The smallest absolute Gasteiger partial charge is 0.323 e. The van der Waals surface area contributed by atoms with Crippen LogP contribution < -0.4 is 10.2 Å². The van der Waals surface area contributed by atoms with Crippen LogP contribution in [0.15, 0.2) is 89.8 Å². The van der Waals surface area contributed by atoms with Crippen molar-refractivity contribution < 1.29 is 24.2 Å². The van der Waals surface area contributed by atoms with Gasteiger partial charge in [-0.2, -0.15) is 0 Å². The number of nitrogens with zero attached hydrogens (tertiary/aromatic N) is 1. The van der Waals surface area contributed by atoms with Gasteiger partial charge in [-0.05, 0) is 43.0 Å². The predicted molar refractivity (Wildman–Crippen MR) is 148 cm³/mol. The molecule has 0 aromatic heterocycles. The lowest BCUT2D eigenvalue weighted by Gasteiger charge is -2.31. The highest BCUT2D eigenvalue weighted by atomic mass is 32.2. The van der Waals surface area contributed by atoms with Crippen LogP contribution in [0.1, 0.15) is 36.1 Å². The number of thioether (sulfide) groups is 1. The van der Waals surface area contributed by atoms with Gasteiger partial charge in [-0.1, -0.05) is 72.8 Å². The summed E-state index contributed by atoms with van der Waals surface area (Å²) in [5.74, 6) is -1.77. The van der Waals surface area contributed by atoms with Crippen molar-refractivity contribution >= 4 is 35.3 Å². The number of nitrogens with one attached hydrogen (secondary N) is 1. The highest BCUT2D eigenvalue weighted by molar-refractivity contribution is 7.99. The minimum absolute atomic E-state index is 0.0997. The summed E-state index contributed by atoms with van der Waals surface area (Å²) in [5, 5.41) is 12.8. The molecular formula is C30H32N2O5S. The van der Waals surface area contributed by atoms with Gasteiger partial charge in [0.25, 0.3) is 0 Å². The Morgan fingerprint density at radius 2 is 1.66 bits per heavy atom. The molecular weight excluding hydrogens is 500 g/mol. The van der Waals surface area contributed by atoms with Crippen LogP contribution in [0, 0.1) is 0 Å². The molecule has 0 spiro atoms. The fourth-order valence-electron chi connectivity index (χ4n) is 4.67. The lowest BCUT2D eigenvalue weighted by molar-refractivity contribution is -0.144. The van der Waals surface area contributed by atoms with E-state index < -0.39 is 18.6 Å².